The van der Waals surface area contributed by atoms with Crippen LogP contribution in [-0.2, 0) is 4.79 Å². The van der Waals surface area contributed by atoms with E-state index in [1.54, 1.807) is 6.08 Å². The molecule has 1 fully saturated rings. The van der Waals surface area contributed by atoms with Crippen LogP contribution in [0.3, 0.4) is 0 Å². The van der Waals surface area contributed by atoms with Crippen molar-refractivity contribution in [3.63, 3.8) is 0 Å². The molecule has 20 heavy (non-hydrogen) atoms. The summed E-state index contributed by atoms with van der Waals surface area (Å²) in [6.45, 7) is 2.02. The van der Waals surface area contributed by atoms with E-state index in [2.05, 4.69) is 30.0 Å². The standard InChI is InChI=1S/C16H22N2O2/c1-17(2)14-7-5-11-18(12-14)15-8-4-3-6-13(15)9-10-16(19)20/h3-4,6,8-10,14H,5,7,11-12H2,1-2H3,(H,19,20). The quantitative estimate of drug-likeness (QED) is 0.856. The highest BCUT2D eigenvalue weighted by molar-refractivity contribution is 5.87. The van der Waals surface area contributed by atoms with Crippen molar-refractivity contribution in [2.24, 2.45) is 0 Å². The third-order valence-corrected chi connectivity index (χ3v) is 3.81. The van der Waals surface area contributed by atoms with Crippen LogP contribution in [0, 0.1) is 0 Å². The number of hydrogen-bond donors (Lipinski definition) is 1. The van der Waals surface area contributed by atoms with Gasteiger partial charge in [0.15, 0.2) is 0 Å². The van der Waals surface area contributed by atoms with Gasteiger partial charge in [-0.15, -0.1) is 0 Å². The SMILES string of the molecule is CN(C)C1CCCN(c2ccccc2C=CC(=O)O)C1. The third-order valence-electron chi connectivity index (χ3n) is 3.81. The fourth-order valence-corrected chi connectivity index (χ4v) is 2.67. The molecule has 1 atom stereocenters. The van der Waals surface area contributed by atoms with E-state index in [1.807, 2.05) is 18.2 Å². The number of para-hydroxylation sites is 1. The highest BCUT2D eigenvalue weighted by Gasteiger charge is 2.22. The van der Waals surface area contributed by atoms with E-state index >= 15 is 0 Å². The predicted molar refractivity (Wildman–Crippen MR) is 82.0 cm³/mol. The summed E-state index contributed by atoms with van der Waals surface area (Å²) in [5.74, 6) is -0.912. The van der Waals surface area contributed by atoms with Crippen molar-refractivity contribution in [2.45, 2.75) is 18.9 Å². The Bertz CT molecular complexity index is 497. The van der Waals surface area contributed by atoms with Crippen LogP contribution in [0.25, 0.3) is 6.08 Å². The van der Waals surface area contributed by atoms with Gasteiger partial charge in [0.1, 0.15) is 0 Å². The van der Waals surface area contributed by atoms with Gasteiger partial charge in [-0.2, -0.15) is 0 Å². The van der Waals surface area contributed by atoms with E-state index in [4.69, 9.17) is 5.11 Å². The number of likely N-dealkylation sites (N-methyl/N-ethyl adjacent to an activating group) is 1. The van der Waals surface area contributed by atoms with Gasteiger partial charge in [0.25, 0.3) is 0 Å². The Labute approximate surface area is 120 Å². The summed E-state index contributed by atoms with van der Waals surface area (Å²) >= 11 is 0. The van der Waals surface area contributed by atoms with Crippen molar-refractivity contribution < 1.29 is 9.90 Å². The van der Waals surface area contributed by atoms with E-state index < -0.39 is 5.97 Å². The van der Waals surface area contributed by atoms with E-state index in [-0.39, 0.29) is 0 Å². The van der Waals surface area contributed by atoms with Crippen LogP contribution >= 0.6 is 0 Å². The maximum Gasteiger partial charge on any atom is 0.328 e. The first kappa shape index (κ1) is 14.6. The Kier molecular flexibility index (Phi) is 4.79. The van der Waals surface area contributed by atoms with E-state index in [9.17, 15) is 4.79 Å². The first-order valence-electron chi connectivity index (χ1n) is 6.99. The minimum absolute atomic E-state index is 0.556. The number of carbonyl (C=O) groups is 1. The summed E-state index contributed by atoms with van der Waals surface area (Å²) in [4.78, 5) is 15.3. The van der Waals surface area contributed by atoms with Gasteiger partial charge >= 0.3 is 5.97 Å². The van der Waals surface area contributed by atoms with Crippen molar-refractivity contribution in [1.82, 2.24) is 4.90 Å². The molecule has 4 heteroatoms. The molecule has 108 valence electrons. The summed E-state index contributed by atoms with van der Waals surface area (Å²) < 4.78 is 0. The lowest BCUT2D eigenvalue weighted by Crippen LogP contribution is -2.45. The lowest BCUT2D eigenvalue weighted by atomic mass is 10.0. The van der Waals surface area contributed by atoms with Crippen molar-refractivity contribution in [3.8, 4) is 0 Å². The molecule has 0 spiro atoms. The van der Waals surface area contributed by atoms with Crippen LogP contribution in [0.2, 0.25) is 0 Å². The highest BCUT2D eigenvalue weighted by Crippen LogP contribution is 2.26. The lowest BCUT2D eigenvalue weighted by Gasteiger charge is -2.38. The van der Waals surface area contributed by atoms with Gasteiger partial charge < -0.3 is 14.9 Å². The smallest absolute Gasteiger partial charge is 0.328 e. The molecule has 0 aliphatic carbocycles. The van der Waals surface area contributed by atoms with E-state index in [0.717, 1.165) is 24.3 Å². The Balaban J connectivity index is 2.21. The molecule has 2 rings (SSSR count). The summed E-state index contributed by atoms with van der Waals surface area (Å²) in [6, 6.07) is 8.54. The van der Waals surface area contributed by atoms with Gasteiger partial charge in [-0.3, -0.25) is 0 Å². The maximum absolute atomic E-state index is 10.7. The first-order chi connectivity index (χ1) is 9.58. The molecule has 4 nitrogen and oxygen atoms in total. The average Bonchev–Trinajstić information content (AvgIpc) is 2.45. The Morgan fingerprint density at radius 2 is 2.15 bits per heavy atom. The molecule has 0 bridgehead atoms. The number of benzene rings is 1. The zero-order valence-electron chi connectivity index (χ0n) is 12.1. The monoisotopic (exact) mass is 274 g/mol. The fraction of sp³-hybridized carbons (Fsp3) is 0.438. The van der Waals surface area contributed by atoms with Crippen molar-refractivity contribution in [2.75, 3.05) is 32.1 Å². The Hall–Kier alpha value is -1.81. The molecule has 0 amide bonds. The van der Waals surface area contributed by atoms with Crippen molar-refractivity contribution in [3.05, 3.63) is 35.9 Å². The third kappa shape index (κ3) is 3.61. The van der Waals surface area contributed by atoms with Gasteiger partial charge in [0.2, 0.25) is 0 Å². The number of hydrogen-bond acceptors (Lipinski definition) is 3. The zero-order valence-corrected chi connectivity index (χ0v) is 12.1. The number of carboxylic acid groups (broad SMARTS) is 1. The van der Waals surface area contributed by atoms with Crippen LogP contribution in [-0.4, -0.2) is 49.2 Å². The molecular formula is C16H22N2O2. The zero-order chi connectivity index (χ0) is 14.5. The van der Waals surface area contributed by atoms with Gasteiger partial charge in [0.05, 0.1) is 0 Å². The Morgan fingerprint density at radius 1 is 1.40 bits per heavy atom. The molecule has 1 aliphatic heterocycles. The largest absolute Gasteiger partial charge is 0.478 e. The molecule has 0 saturated carbocycles. The molecule has 0 aromatic heterocycles. The normalized spacial score (nSPS) is 19.8. The van der Waals surface area contributed by atoms with Gasteiger partial charge in [-0.1, -0.05) is 18.2 Å². The summed E-state index contributed by atoms with van der Waals surface area (Å²) in [5, 5.41) is 8.78. The molecule has 0 radical (unpaired) electrons. The van der Waals surface area contributed by atoms with Crippen LogP contribution in [0.5, 0.6) is 0 Å². The van der Waals surface area contributed by atoms with E-state index in [1.165, 1.54) is 18.9 Å². The molecule has 1 heterocycles. The van der Waals surface area contributed by atoms with Crippen LogP contribution < -0.4 is 4.90 Å². The molecule has 1 N–H and O–H groups in total. The minimum atomic E-state index is -0.912. The molecule has 1 aliphatic rings. The highest BCUT2D eigenvalue weighted by atomic mass is 16.4. The molecule has 1 saturated heterocycles. The van der Waals surface area contributed by atoms with Crippen LogP contribution in [0.1, 0.15) is 18.4 Å². The second-order valence-corrected chi connectivity index (χ2v) is 5.44. The van der Waals surface area contributed by atoms with Crippen molar-refractivity contribution in [1.29, 1.82) is 0 Å². The minimum Gasteiger partial charge on any atom is -0.478 e. The molecule has 1 aromatic carbocycles. The van der Waals surface area contributed by atoms with Gasteiger partial charge in [0, 0.05) is 30.9 Å². The summed E-state index contributed by atoms with van der Waals surface area (Å²) in [7, 11) is 4.23. The average molecular weight is 274 g/mol. The fourth-order valence-electron chi connectivity index (χ4n) is 2.67. The van der Waals surface area contributed by atoms with Crippen molar-refractivity contribution >= 4 is 17.7 Å². The second-order valence-electron chi connectivity index (χ2n) is 5.44. The molecular weight excluding hydrogens is 252 g/mol. The number of rotatable bonds is 4. The summed E-state index contributed by atoms with van der Waals surface area (Å²) in [5.41, 5.74) is 2.09. The molecule has 1 unspecified atom stereocenters. The van der Waals surface area contributed by atoms with Crippen LogP contribution in [0.4, 0.5) is 5.69 Å². The number of nitrogens with zero attached hydrogens (tertiary/aromatic N) is 2. The van der Waals surface area contributed by atoms with Crippen LogP contribution in [0.15, 0.2) is 30.3 Å². The van der Waals surface area contributed by atoms with E-state index in [0.29, 0.717) is 6.04 Å². The first-order valence-corrected chi connectivity index (χ1v) is 6.99. The number of carboxylic acids is 1. The number of anilines is 1. The number of piperidine rings is 1. The molecule has 1 aromatic rings. The Morgan fingerprint density at radius 3 is 2.85 bits per heavy atom. The lowest BCUT2D eigenvalue weighted by molar-refractivity contribution is -0.131. The van der Waals surface area contributed by atoms with Gasteiger partial charge in [-0.25, -0.2) is 4.79 Å². The predicted octanol–water partition coefficient (Wildman–Crippen LogP) is 2.31. The number of aliphatic carboxylic acids is 1. The second kappa shape index (κ2) is 6.57. The van der Waals surface area contributed by atoms with Gasteiger partial charge in [-0.05, 0) is 44.6 Å². The summed E-state index contributed by atoms with van der Waals surface area (Å²) in [6.07, 6.45) is 5.26. The maximum atomic E-state index is 10.7. The topological polar surface area (TPSA) is 43.8 Å².